The highest BCUT2D eigenvalue weighted by Gasteiger charge is 2.10. The highest BCUT2D eigenvalue weighted by molar-refractivity contribution is 6.31. The molecule has 0 fully saturated rings. The van der Waals surface area contributed by atoms with Crippen LogP contribution in [0.5, 0.6) is 11.5 Å². The SMILES string of the molecule is FCc1cc(Nc2nnc(-c3ccc(Oc4cncnc4)cc3)o2)ccc1Cl. The molecule has 2 heterocycles. The minimum absolute atomic E-state index is 0.184. The Balaban J connectivity index is 1.46. The van der Waals surface area contributed by atoms with Crippen molar-refractivity contribution in [3.05, 3.63) is 71.8 Å². The summed E-state index contributed by atoms with van der Waals surface area (Å²) >= 11 is 5.91. The van der Waals surface area contributed by atoms with Crippen LogP contribution < -0.4 is 10.1 Å². The van der Waals surface area contributed by atoms with Gasteiger partial charge < -0.3 is 14.5 Å². The van der Waals surface area contributed by atoms with Crippen LogP contribution >= 0.6 is 11.6 Å². The summed E-state index contributed by atoms with van der Waals surface area (Å²) in [4.78, 5) is 7.79. The van der Waals surface area contributed by atoms with Crippen LogP contribution in [0.3, 0.4) is 0 Å². The summed E-state index contributed by atoms with van der Waals surface area (Å²) in [7, 11) is 0. The Hall–Kier alpha value is -3.52. The number of rotatable bonds is 6. The van der Waals surface area contributed by atoms with Crippen molar-refractivity contribution in [2.45, 2.75) is 6.67 Å². The summed E-state index contributed by atoms with van der Waals surface area (Å²) in [5.41, 5.74) is 1.70. The molecule has 2 aromatic heterocycles. The lowest BCUT2D eigenvalue weighted by Crippen LogP contribution is -1.92. The van der Waals surface area contributed by atoms with E-state index in [4.69, 9.17) is 20.8 Å². The number of hydrogen-bond acceptors (Lipinski definition) is 7. The fourth-order valence-electron chi connectivity index (χ4n) is 2.41. The summed E-state index contributed by atoms with van der Waals surface area (Å²) in [5.74, 6) is 1.49. The fraction of sp³-hybridized carbons (Fsp3) is 0.0526. The van der Waals surface area contributed by atoms with Gasteiger partial charge in [0, 0.05) is 21.8 Å². The Bertz CT molecular complexity index is 1070. The molecule has 0 amide bonds. The fourth-order valence-corrected chi connectivity index (χ4v) is 2.58. The molecule has 4 aromatic rings. The van der Waals surface area contributed by atoms with Gasteiger partial charge in [-0.05, 0) is 42.5 Å². The molecule has 0 saturated carbocycles. The third kappa shape index (κ3) is 4.07. The molecule has 0 bridgehead atoms. The van der Waals surface area contributed by atoms with Crippen molar-refractivity contribution in [3.8, 4) is 23.0 Å². The maximum Gasteiger partial charge on any atom is 0.320 e. The zero-order valence-electron chi connectivity index (χ0n) is 14.3. The van der Waals surface area contributed by atoms with Crippen molar-refractivity contribution in [2.24, 2.45) is 0 Å². The molecule has 0 radical (unpaired) electrons. The van der Waals surface area contributed by atoms with Crippen molar-refractivity contribution in [1.29, 1.82) is 0 Å². The van der Waals surface area contributed by atoms with E-state index in [0.717, 1.165) is 5.56 Å². The minimum atomic E-state index is -0.660. The number of alkyl halides is 1. The first-order valence-corrected chi connectivity index (χ1v) is 8.57. The number of hydrogen-bond donors (Lipinski definition) is 1. The van der Waals surface area contributed by atoms with Crippen molar-refractivity contribution >= 4 is 23.3 Å². The topological polar surface area (TPSA) is 86.0 Å². The van der Waals surface area contributed by atoms with E-state index in [2.05, 4.69) is 25.5 Å². The van der Waals surface area contributed by atoms with Crippen LogP contribution in [0.15, 0.2) is 65.6 Å². The first-order valence-electron chi connectivity index (χ1n) is 8.19. The molecule has 0 unspecified atom stereocenters. The average molecular weight is 398 g/mol. The van der Waals surface area contributed by atoms with Gasteiger partial charge in [-0.3, -0.25) is 0 Å². The van der Waals surface area contributed by atoms with Gasteiger partial charge in [-0.15, -0.1) is 5.10 Å². The third-order valence-electron chi connectivity index (χ3n) is 3.74. The standard InChI is InChI=1S/C19H13ClFN5O2/c20-17-6-3-14(7-13(17)8-21)24-19-26-25-18(28-19)12-1-4-15(5-2-12)27-16-9-22-11-23-10-16/h1-7,9-11H,8H2,(H,24,26). The van der Waals surface area contributed by atoms with Gasteiger partial charge in [-0.2, -0.15) is 0 Å². The molecule has 0 aliphatic carbocycles. The molecule has 0 aliphatic heterocycles. The number of ether oxygens (including phenoxy) is 1. The Labute approximate surface area is 164 Å². The number of benzene rings is 2. The molecule has 140 valence electrons. The number of halogens is 2. The zero-order chi connectivity index (χ0) is 19.3. The molecular weight excluding hydrogens is 385 g/mol. The van der Waals surface area contributed by atoms with Crippen LogP contribution in [0.25, 0.3) is 11.5 Å². The third-order valence-corrected chi connectivity index (χ3v) is 4.11. The maximum atomic E-state index is 12.9. The van der Waals surface area contributed by atoms with Crippen LogP contribution in [-0.4, -0.2) is 20.2 Å². The molecule has 28 heavy (non-hydrogen) atoms. The normalized spacial score (nSPS) is 10.6. The van der Waals surface area contributed by atoms with Gasteiger partial charge in [0.2, 0.25) is 5.89 Å². The smallest absolute Gasteiger partial charge is 0.320 e. The molecule has 0 atom stereocenters. The Kier molecular flexibility index (Phi) is 5.11. The molecule has 0 saturated heterocycles. The van der Waals surface area contributed by atoms with Crippen LogP contribution in [-0.2, 0) is 6.67 Å². The number of aromatic nitrogens is 4. The molecule has 7 nitrogen and oxygen atoms in total. The van der Waals surface area contributed by atoms with Crippen LogP contribution in [0.4, 0.5) is 16.1 Å². The minimum Gasteiger partial charge on any atom is -0.454 e. The van der Waals surface area contributed by atoms with E-state index in [0.29, 0.717) is 33.7 Å². The van der Waals surface area contributed by atoms with Gasteiger partial charge in [0.05, 0.1) is 12.4 Å². The summed E-state index contributed by atoms with van der Waals surface area (Å²) in [5, 5.41) is 11.3. The molecule has 0 aliphatic rings. The lowest BCUT2D eigenvalue weighted by atomic mass is 10.2. The second-order valence-corrected chi connectivity index (χ2v) is 6.09. The van der Waals surface area contributed by atoms with E-state index < -0.39 is 6.67 Å². The monoisotopic (exact) mass is 397 g/mol. The van der Waals surface area contributed by atoms with Gasteiger partial charge in [-0.25, -0.2) is 14.4 Å². The first kappa shape index (κ1) is 17.9. The van der Waals surface area contributed by atoms with Gasteiger partial charge >= 0.3 is 6.01 Å². The van der Waals surface area contributed by atoms with E-state index in [1.54, 1.807) is 54.9 Å². The summed E-state index contributed by atoms with van der Waals surface area (Å²) in [6.07, 6.45) is 4.57. The van der Waals surface area contributed by atoms with E-state index in [-0.39, 0.29) is 6.01 Å². The molecule has 2 aromatic carbocycles. The highest BCUT2D eigenvalue weighted by atomic mass is 35.5. The van der Waals surface area contributed by atoms with Crippen molar-refractivity contribution in [3.63, 3.8) is 0 Å². The zero-order valence-corrected chi connectivity index (χ0v) is 15.1. The number of nitrogens with zero attached hydrogens (tertiary/aromatic N) is 4. The summed E-state index contributed by atoms with van der Waals surface area (Å²) < 4.78 is 24.2. The molecule has 4 rings (SSSR count). The largest absolute Gasteiger partial charge is 0.454 e. The van der Waals surface area contributed by atoms with E-state index in [9.17, 15) is 4.39 Å². The Morgan fingerprint density at radius 2 is 1.79 bits per heavy atom. The number of nitrogens with one attached hydrogen (secondary N) is 1. The highest BCUT2D eigenvalue weighted by Crippen LogP contribution is 2.27. The summed E-state index contributed by atoms with van der Waals surface area (Å²) in [6, 6.07) is 12.2. The quantitative estimate of drug-likeness (QED) is 0.479. The number of anilines is 2. The Morgan fingerprint density at radius 3 is 2.54 bits per heavy atom. The van der Waals surface area contributed by atoms with Gasteiger partial charge in [0.1, 0.15) is 18.8 Å². The molecule has 0 spiro atoms. The lowest BCUT2D eigenvalue weighted by Gasteiger charge is -2.05. The average Bonchev–Trinajstić information content (AvgIpc) is 3.19. The van der Waals surface area contributed by atoms with Gasteiger partial charge in [0.25, 0.3) is 0 Å². The molecular formula is C19H13ClFN5O2. The second kappa shape index (κ2) is 8.01. The van der Waals surface area contributed by atoms with Crippen molar-refractivity contribution in [2.75, 3.05) is 5.32 Å². The van der Waals surface area contributed by atoms with Crippen LogP contribution in [0.1, 0.15) is 5.56 Å². The van der Waals surface area contributed by atoms with Crippen LogP contribution in [0.2, 0.25) is 5.02 Å². The predicted molar refractivity (Wildman–Crippen MR) is 101 cm³/mol. The Morgan fingerprint density at radius 1 is 1.00 bits per heavy atom. The lowest BCUT2D eigenvalue weighted by molar-refractivity contribution is 0.477. The second-order valence-electron chi connectivity index (χ2n) is 5.68. The van der Waals surface area contributed by atoms with E-state index in [1.165, 1.54) is 6.33 Å². The predicted octanol–water partition coefficient (Wildman–Crippen LogP) is 5.19. The van der Waals surface area contributed by atoms with E-state index >= 15 is 0 Å². The maximum absolute atomic E-state index is 12.9. The van der Waals surface area contributed by atoms with Crippen molar-refractivity contribution in [1.82, 2.24) is 20.2 Å². The molecule has 9 heteroatoms. The van der Waals surface area contributed by atoms with Gasteiger partial charge in [-0.1, -0.05) is 16.7 Å². The summed E-state index contributed by atoms with van der Waals surface area (Å²) in [6.45, 7) is -0.660. The first-order chi connectivity index (χ1) is 13.7. The van der Waals surface area contributed by atoms with Crippen LogP contribution in [0, 0.1) is 0 Å². The van der Waals surface area contributed by atoms with E-state index in [1.807, 2.05) is 0 Å². The van der Waals surface area contributed by atoms with Gasteiger partial charge in [0.15, 0.2) is 5.75 Å². The molecule has 1 N–H and O–H groups in total. The van der Waals surface area contributed by atoms with Crippen molar-refractivity contribution < 1.29 is 13.5 Å².